The molecule has 0 radical (unpaired) electrons. The van der Waals surface area contributed by atoms with E-state index in [1.807, 2.05) is 5.92 Å². The number of carbonyl (C=O) groups excluding carboxylic acids is 1. The normalized spacial score (nSPS) is 11.0. The third-order valence-electron chi connectivity index (χ3n) is 1.92. The van der Waals surface area contributed by atoms with Gasteiger partial charge in [0.05, 0.1) is 17.8 Å². The lowest BCUT2D eigenvalue weighted by atomic mass is 10.2. The third kappa shape index (κ3) is 3.75. The van der Waals surface area contributed by atoms with Gasteiger partial charge in [0.2, 0.25) is 0 Å². The molecule has 0 spiro atoms. The molecule has 0 bridgehead atoms. The molecular weight excluding hydrogens is 253 g/mol. The van der Waals surface area contributed by atoms with E-state index in [9.17, 15) is 18.0 Å². The van der Waals surface area contributed by atoms with Crippen molar-refractivity contribution in [2.24, 2.45) is 0 Å². The fourth-order valence-electron chi connectivity index (χ4n) is 1.19. The summed E-state index contributed by atoms with van der Waals surface area (Å²) >= 11 is 1.02. The molecule has 1 aromatic heterocycles. The Morgan fingerprint density at radius 2 is 2.29 bits per heavy atom. The Balaban J connectivity index is 2.89. The van der Waals surface area contributed by atoms with E-state index in [2.05, 4.69) is 4.37 Å². The van der Waals surface area contributed by atoms with Gasteiger partial charge in [0.25, 0.3) is 5.91 Å². The number of nitrogens with zero attached hydrogens (tertiary/aromatic N) is 2. The quantitative estimate of drug-likeness (QED) is 0.781. The van der Waals surface area contributed by atoms with Crippen LogP contribution in [0.25, 0.3) is 0 Å². The molecule has 0 saturated carbocycles. The SMILES string of the molecule is C#CCN(CC(F)(F)F)C(=O)c1csnc1C. The summed E-state index contributed by atoms with van der Waals surface area (Å²) in [5.41, 5.74) is 0.568. The molecule has 0 unspecified atom stereocenters. The van der Waals surface area contributed by atoms with Crippen molar-refractivity contribution >= 4 is 17.4 Å². The van der Waals surface area contributed by atoms with Crippen molar-refractivity contribution < 1.29 is 18.0 Å². The van der Waals surface area contributed by atoms with E-state index in [0.29, 0.717) is 10.6 Å². The van der Waals surface area contributed by atoms with E-state index in [0.717, 1.165) is 11.5 Å². The van der Waals surface area contributed by atoms with E-state index >= 15 is 0 Å². The van der Waals surface area contributed by atoms with Crippen LogP contribution in [0.2, 0.25) is 0 Å². The van der Waals surface area contributed by atoms with Gasteiger partial charge in [0, 0.05) is 5.38 Å². The maximum atomic E-state index is 12.3. The van der Waals surface area contributed by atoms with Crippen molar-refractivity contribution in [3.63, 3.8) is 0 Å². The largest absolute Gasteiger partial charge is 0.406 e. The number of carbonyl (C=O) groups is 1. The number of hydrogen-bond donors (Lipinski definition) is 0. The average molecular weight is 262 g/mol. The molecule has 1 heterocycles. The van der Waals surface area contributed by atoms with Crippen LogP contribution in [0.15, 0.2) is 5.38 Å². The monoisotopic (exact) mass is 262 g/mol. The van der Waals surface area contributed by atoms with Crippen LogP contribution in [0.1, 0.15) is 16.1 Å². The number of terminal acetylenes is 1. The lowest BCUT2D eigenvalue weighted by molar-refractivity contribution is -0.139. The van der Waals surface area contributed by atoms with Gasteiger partial charge < -0.3 is 4.90 Å². The minimum Gasteiger partial charge on any atom is -0.318 e. The van der Waals surface area contributed by atoms with Gasteiger partial charge in [0.15, 0.2) is 0 Å². The number of aryl methyl sites for hydroxylation is 1. The minimum atomic E-state index is -4.47. The van der Waals surface area contributed by atoms with Gasteiger partial charge >= 0.3 is 6.18 Å². The maximum Gasteiger partial charge on any atom is 0.406 e. The standard InChI is InChI=1S/C10H9F3N2OS/c1-3-4-15(6-10(11,12)13)9(16)8-5-17-14-7(8)2/h1,5H,4,6H2,2H3. The van der Waals surface area contributed by atoms with Crippen LogP contribution >= 0.6 is 11.5 Å². The van der Waals surface area contributed by atoms with E-state index in [4.69, 9.17) is 6.42 Å². The van der Waals surface area contributed by atoms with E-state index in [1.165, 1.54) is 5.38 Å². The summed E-state index contributed by atoms with van der Waals surface area (Å²) in [5, 5.41) is 1.41. The maximum absolute atomic E-state index is 12.3. The van der Waals surface area contributed by atoms with E-state index in [-0.39, 0.29) is 12.1 Å². The molecule has 0 fully saturated rings. The second kappa shape index (κ2) is 5.19. The summed E-state index contributed by atoms with van der Waals surface area (Å²) < 4.78 is 40.6. The van der Waals surface area contributed by atoms with Crippen LogP contribution in [0.4, 0.5) is 13.2 Å². The van der Waals surface area contributed by atoms with Crippen LogP contribution < -0.4 is 0 Å². The summed E-state index contributed by atoms with van der Waals surface area (Å²) in [6.07, 6.45) is 0.485. The van der Waals surface area contributed by atoms with Gasteiger partial charge in [-0.25, -0.2) is 0 Å². The molecule has 0 aliphatic heterocycles. The highest BCUT2D eigenvalue weighted by Gasteiger charge is 2.33. The number of rotatable bonds is 3. The zero-order chi connectivity index (χ0) is 13.1. The number of alkyl halides is 3. The first-order valence-electron chi connectivity index (χ1n) is 4.55. The van der Waals surface area contributed by atoms with Crippen molar-refractivity contribution in [2.45, 2.75) is 13.1 Å². The van der Waals surface area contributed by atoms with Crippen LogP contribution in [0.3, 0.4) is 0 Å². The van der Waals surface area contributed by atoms with Crippen molar-refractivity contribution in [1.82, 2.24) is 9.27 Å². The predicted molar refractivity (Wildman–Crippen MR) is 57.6 cm³/mol. The number of amides is 1. The molecule has 0 N–H and O–H groups in total. The Morgan fingerprint density at radius 1 is 1.65 bits per heavy atom. The van der Waals surface area contributed by atoms with Gasteiger partial charge in [-0.2, -0.15) is 17.5 Å². The van der Waals surface area contributed by atoms with Crippen molar-refractivity contribution in [2.75, 3.05) is 13.1 Å². The highest BCUT2D eigenvalue weighted by atomic mass is 32.1. The molecule has 0 atom stereocenters. The summed E-state index contributed by atoms with van der Waals surface area (Å²) in [5.74, 6) is 1.30. The van der Waals surface area contributed by atoms with Crippen molar-refractivity contribution in [3.05, 3.63) is 16.6 Å². The predicted octanol–water partition coefficient (Wildman–Crippen LogP) is 2.09. The molecule has 0 aliphatic carbocycles. The summed E-state index contributed by atoms with van der Waals surface area (Å²) in [4.78, 5) is 12.4. The second-order valence-corrected chi connectivity index (χ2v) is 3.92. The van der Waals surface area contributed by atoms with Crippen molar-refractivity contribution in [3.8, 4) is 12.3 Å². The molecule has 7 heteroatoms. The van der Waals surface area contributed by atoms with Crippen molar-refractivity contribution in [1.29, 1.82) is 0 Å². The summed E-state index contributed by atoms with van der Waals surface area (Å²) in [6.45, 7) is -0.176. The Morgan fingerprint density at radius 3 is 2.71 bits per heavy atom. The first kappa shape index (κ1) is 13.5. The Kier molecular flexibility index (Phi) is 4.12. The molecule has 0 aromatic carbocycles. The first-order chi connectivity index (χ1) is 7.85. The van der Waals surface area contributed by atoms with Gasteiger partial charge in [-0.05, 0) is 18.5 Å². The zero-order valence-corrected chi connectivity index (χ0v) is 9.73. The zero-order valence-electron chi connectivity index (χ0n) is 8.91. The highest BCUT2D eigenvalue weighted by molar-refractivity contribution is 7.03. The lowest BCUT2D eigenvalue weighted by Crippen LogP contribution is -2.39. The number of aromatic nitrogens is 1. The fourth-order valence-corrected chi connectivity index (χ4v) is 1.88. The minimum absolute atomic E-state index is 0.162. The third-order valence-corrected chi connectivity index (χ3v) is 2.64. The topological polar surface area (TPSA) is 33.2 Å². The van der Waals surface area contributed by atoms with Gasteiger partial charge in [-0.3, -0.25) is 4.79 Å². The summed E-state index contributed by atoms with van der Waals surface area (Å²) in [7, 11) is 0. The van der Waals surface area contributed by atoms with Crippen LogP contribution in [-0.2, 0) is 0 Å². The van der Waals surface area contributed by atoms with E-state index in [1.54, 1.807) is 6.92 Å². The fraction of sp³-hybridized carbons (Fsp3) is 0.400. The van der Waals surface area contributed by atoms with E-state index < -0.39 is 18.6 Å². The molecule has 92 valence electrons. The summed E-state index contributed by atoms with van der Waals surface area (Å²) in [6, 6.07) is 0. The molecule has 1 amide bonds. The average Bonchev–Trinajstić information content (AvgIpc) is 2.61. The second-order valence-electron chi connectivity index (χ2n) is 3.29. The highest BCUT2D eigenvalue weighted by Crippen LogP contribution is 2.19. The van der Waals surface area contributed by atoms with Crippen LogP contribution in [0.5, 0.6) is 0 Å². The Labute approximate surface area is 100 Å². The smallest absolute Gasteiger partial charge is 0.318 e. The van der Waals surface area contributed by atoms with Gasteiger partial charge in [-0.1, -0.05) is 5.92 Å². The molecule has 0 aliphatic rings. The first-order valence-corrected chi connectivity index (χ1v) is 5.39. The Hall–Kier alpha value is -1.55. The number of halogens is 3. The Bertz CT molecular complexity index is 447. The molecule has 0 saturated heterocycles. The van der Waals surface area contributed by atoms with Gasteiger partial charge in [-0.15, -0.1) is 6.42 Å². The lowest BCUT2D eigenvalue weighted by Gasteiger charge is -2.21. The van der Waals surface area contributed by atoms with Gasteiger partial charge in [0.1, 0.15) is 6.54 Å². The molecule has 1 rings (SSSR count). The number of hydrogen-bond acceptors (Lipinski definition) is 3. The molecule has 1 aromatic rings. The molecule has 17 heavy (non-hydrogen) atoms. The van der Waals surface area contributed by atoms with Crippen LogP contribution in [0, 0.1) is 19.3 Å². The molecular formula is C10H9F3N2OS. The van der Waals surface area contributed by atoms with Crippen LogP contribution in [-0.4, -0.2) is 34.4 Å². The molecule has 3 nitrogen and oxygen atoms in total.